The molecule has 3 aromatic carbocycles. The van der Waals surface area contributed by atoms with Gasteiger partial charge in [-0.25, -0.2) is 4.39 Å². The van der Waals surface area contributed by atoms with Gasteiger partial charge >= 0.3 is 0 Å². The monoisotopic (exact) mass is 413 g/mol. The molecule has 1 amide bonds. The molecule has 5 nitrogen and oxygen atoms in total. The number of nitriles is 2. The van der Waals surface area contributed by atoms with Crippen LogP contribution in [0.25, 0.3) is 0 Å². The highest BCUT2D eigenvalue weighted by Gasteiger charge is 2.23. The van der Waals surface area contributed by atoms with Crippen molar-refractivity contribution in [2.45, 2.75) is 26.1 Å². The molecule has 6 heteroatoms. The summed E-state index contributed by atoms with van der Waals surface area (Å²) >= 11 is 0. The molecule has 0 spiro atoms. The molecule has 0 saturated carbocycles. The van der Waals surface area contributed by atoms with Crippen molar-refractivity contribution in [1.29, 1.82) is 10.5 Å². The number of para-hydroxylation sites is 1. The summed E-state index contributed by atoms with van der Waals surface area (Å²) in [6, 6.07) is 23.8. The van der Waals surface area contributed by atoms with Gasteiger partial charge in [0.05, 0.1) is 17.2 Å². The molecule has 154 valence electrons. The molecule has 0 saturated heterocycles. The van der Waals surface area contributed by atoms with Gasteiger partial charge in [0, 0.05) is 13.1 Å². The van der Waals surface area contributed by atoms with E-state index in [0.29, 0.717) is 22.4 Å². The molecule has 0 aliphatic carbocycles. The molecule has 0 fully saturated rings. The summed E-state index contributed by atoms with van der Waals surface area (Å²) in [4.78, 5) is 14.8. The molecule has 0 aromatic heterocycles. The molecule has 3 aromatic rings. The van der Waals surface area contributed by atoms with Crippen molar-refractivity contribution in [2.24, 2.45) is 0 Å². The zero-order valence-electron chi connectivity index (χ0n) is 17.0. The van der Waals surface area contributed by atoms with Crippen LogP contribution < -0.4 is 4.74 Å². The average molecular weight is 413 g/mol. The highest BCUT2D eigenvalue weighted by Crippen LogP contribution is 2.20. The van der Waals surface area contributed by atoms with E-state index in [4.69, 9.17) is 10.00 Å². The van der Waals surface area contributed by atoms with Gasteiger partial charge in [0.1, 0.15) is 17.6 Å². The lowest BCUT2D eigenvalue weighted by Gasteiger charge is -2.27. The predicted molar refractivity (Wildman–Crippen MR) is 113 cm³/mol. The van der Waals surface area contributed by atoms with Crippen LogP contribution in [0.15, 0.2) is 72.8 Å². The van der Waals surface area contributed by atoms with Crippen molar-refractivity contribution in [3.8, 4) is 17.9 Å². The zero-order valence-corrected chi connectivity index (χ0v) is 17.0. The number of hydrogen-bond donors (Lipinski definition) is 0. The fraction of sp³-hybridized carbons (Fsp3) is 0.160. The summed E-state index contributed by atoms with van der Waals surface area (Å²) in [7, 11) is 0. The maximum atomic E-state index is 13.7. The van der Waals surface area contributed by atoms with Crippen LogP contribution in [-0.2, 0) is 17.9 Å². The number of carbonyl (C=O) groups is 1. The fourth-order valence-corrected chi connectivity index (χ4v) is 3.13. The quantitative estimate of drug-likeness (QED) is 0.569. The van der Waals surface area contributed by atoms with Crippen LogP contribution >= 0.6 is 0 Å². The van der Waals surface area contributed by atoms with E-state index in [1.807, 2.05) is 6.07 Å². The maximum Gasteiger partial charge on any atom is 0.263 e. The number of benzene rings is 3. The number of carbonyl (C=O) groups excluding carboxylic acids is 1. The number of nitrogens with zero attached hydrogens (tertiary/aromatic N) is 3. The number of halogens is 1. The summed E-state index contributed by atoms with van der Waals surface area (Å²) in [6.45, 7) is 2.06. The summed E-state index contributed by atoms with van der Waals surface area (Å²) in [5.41, 5.74) is 2.34. The Labute approximate surface area is 180 Å². The number of ether oxygens (including phenoxy) is 1. The van der Waals surface area contributed by atoms with Crippen LogP contribution in [0.2, 0.25) is 0 Å². The molecule has 0 bridgehead atoms. The predicted octanol–water partition coefficient (Wildman–Crippen LogP) is 4.57. The second-order valence-electron chi connectivity index (χ2n) is 7.00. The Hall–Kier alpha value is -4.16. The van der Waals surface area contributed by atoms with Gasteiger partial charge in [0.25, 0.3) is 5.91 Å². The Bertz CT molecular complexity index is 1150. The Kier molecular flexibility index (Phi) is 6.98. The Morgan fingerprint density at radius 1 is 0.968 bits per heavy atom. The van der Waals surface area contributed by atoms with Gasteiger partial charge in [0.2, 0.25) is 0 Å². The molecule has 0 N–H and O–H groups in total. The standard InChI is InChI=1S/C25H20FN3O2/c1-18(31-24-8-3-2-6-22(24)15-28)25(30)29(17-21-5-4-7-23(26)13-21)16-20-11-9-19(14-27)10-12-20/h2-13,18H,16-17H2,1H3. The van der Waals surface area contributed by atoms with Gasteiger partial charge in [-0.1, -0.05) is 36.4 Å². The van der Waals surface area contributed by atoms with Crippen LogP contribution in [0.5, 0.6) is 5.75 Å². The molecule has 3 rings (SSSR count). The van der Waals surface area contributed by atoms with Crippen molar-refractivity contribution in [2.75, 3.05) is 0 Å². The third-order valence-electron chi connectivity index (χ3n) is 4.69. The summed E-state index contributed by atoms with van der Waals surface area (Å²) < 4.78 is 19.5. The highest BCUT2D eigenvalue weighted by molar-refractivity contribution is 5.81. The molecular formula is C25H20FN3O2. The van der Waals surface area contributed by atoms with Gasteiger partial charge in [-0.15, -0.1) is 0 Å². The minimum Gasteiger partial charge on any atom is -0.480 e. The fourth-order valence-electron chi connectivity index (χ4n) is 3.13. The van der Waals surface area contributed by atoms with Gasteiger partial charge in [-0.3, -0.25) is 4.79 Å². The summed E-state index contributed by atoms with van der Waals surface area (Å²) in [6.07, 6.45) is -0.860. The van der Waals surface area contributed by atoms with Gasteiger partial charge in [-0.05, 0) is 54.4 Å². The summed E-state index contributed by atoms with van der Waals surface area (Å²) in [5.74, 6) is -0.355. The number of amides is 1. The molecule has 1 unspecified atom stereocenters. The smallest absolute Gasteiger partial charge is 0.263 e. The van der Waals surface area contributed by atoms with Gasteiger partial charge in [-0.2, -0.15) is 10.5 Å². The topological polar surface area (TPSA) is 77.1 Å². The third kappa shape index (κ3) is 5.68. The second-order valence-corrected chi connectivity index (χ2v) is 7.00. The Balaban J connectivity index is 1.83. The molecule has 0 radical (unpaired) electrons. The zero-order chi connectivity index (χ0) is 22.2. The SMILES string of the molecule is CC(Oc1ccccc1C#N)C(=O)N(Cc1ccc(C#N)cc1)Cc1cccc(F)c1. The average Bonchev–Trinajstić information content (AvgIpc) is 2.79. The second kappa shape index (κ2) is 10.0. The van der Waals surface area contributed by atoms with Gasteiger partial charge in [0.15, 0.2) is 6.10 Å². The molecular weight excluding hydrogens is 393 g/mol. The van der Waals surface area contributed by atoms with Crippen molar-refractivity contribution in [3.63, 3.8) is 0 Å². The molecule has 0 aliphatic heterocycles. The lowest BCUT2D eigenvalue weighted by atomic mass is 10.1. The maximum absolute atomic E-state index is 13.7. The highest BCUT2D eigenvalue weighted by atomic mass is 19.1. The number of rotatable bonds is 7. The van der Waals surface area contributed by atoms with Crippen molar-refractivity contribution < 1.29 is 13.9 Å². The van der Waals surface area contributed by atoms with E-state index in [1.54, 1.807) is 72.5 Å². The van der Waals surface area contributed by atoms with Crippen LogP contribution in [0.3, 0.4) is 0 Å². The van der Waals surface area contributed by atoms with E-state index in [2.05, 4.69) is 6.07 Å². The minimum atomic E-state index is -0.860. The Morgan fingerprint density at radius 2 is 1.68 bits per heavy atom. The minimum absolute atomic E-state index is 0.185. The van der Waals surface area contributed by atoms with Crippen molar-refractivity contribution >= 4 is 5.91 Å². The van der Waals surface area contributed by atoms with Crippen molar-refractivity contribution in [1.82, 2.24) is 4.90 Å². The Morgan fingerprint density at radius 3 is 2.35 bits per heavy atom. The van der Waals surface area contributed by atoms with E-state index in [1.165, 1.54) is 12.1 Å². The van der Waals surface area contributed by atoms with E-state index >= 15 is 0 Å². The first-order chi connectivity index (χ1) is 15.0. The van der Waals surface area contributed by atoms with Crippen molar-refractivity contribution in [3.05, 3.63) is 101 Å². The molecule has 0 heterocycles. The first-order valence-electron chi connectivity index (χ1n) is 9.68. The van der Waals surface area contributed by atoms with Crippen LogP contribution in [0.1, 0.15) is 29.2 Å². The van der Waals surface area contributed by atoms with Crippen LogP contribution in [-0.4, -0.2) is 16.9 Å². The largest absolute Gasteiger partial charge is 0.480 e. The van der Waals surface area contributed by atoms with Gasteiger partial charge < -0.3 is 9.64 Å². The lowest BCUT2D eigenvalue weighted by molar-refractivity contribution is -0.139. The van der Waals surface area contributed by atoms with E-state index in [-0.39, 0.29) is 24.8 Å². The molecule has 31 heavy (non-hydrogen) atoms. The molecule has 0 aliphatic rings. The normalized spacial score (nSPS) is 11.1. The number of hydrogen-bond acceptors (Lipinski definition) is 4. The third-order valence-corrected chi connectivity index (χ3v) is 4.69. The van der Waals surface area contributed by atoms with E-state index in [9.17, 15) is 14.4 Å². The van der Waals surface area contributed by atoms with E-state index < -0.39 is 6.10 Å². The lowest BCUT2D eigenvalue weighted by Crippen LogP contribution is -2.39. The first-order valence-corrected chi connectivity index (χ1v) is 9.68. The van der Waals surface area contributed by atoms with Crippen LogP contribution in [0.4, 0.5) is 4.39 Å². The first kappa shape index (κ1) is 21.5. The molecule has 1 atom stereocenters. The summed E-state index contributed by atoms with van der Waals surface area (Å²) in [5, 5.41) is 18.2. The van der Waals surface area contributed by atoms with Crippen LogP contribution in [0, 0.1) is 28.5 Å². The van der Waals surface area contributed by atoms with E-state index in [0.717, 1.165) is 5.56 Å².